The minimum atomic E-state index is 0.191. The van der Waals surface area contributed by atoms with Crippen molar-refractivity contribution >= 4 is 16.9 Å². The molecule has 1 saturated heterocycles. The minimum Gasteiger partial charge on any atom is -0.356 e. The second kappa shape index (κ2) is 8.29. The first-order chi connectivity index (χ1) is 11.7. The van der Waals surface area contributed by atoms with E-state index < -0.39 is 0 Å². The number of nitrogens with one attached hydrogen (secondary N) is 2. The fourth-order valence-electron chi connectivity index (χ4n) is 3.61. The molecule has 1 aromatic heterocycles. The summed E-state index contributed by atoms with van der Waals surface area (Å²) in [5, 5.41) is 6.46. The zero-order valence-electron chi connectivity index (χ0n) is 14.5. The molecule has 1 aliphatic heterocycles. The highest BCUT2D eigenvalue weighted by molar-refractivity contribution is 5.76. The highest BCUT2D eigenvalue weighted by atomic mass is 16.1. The number of imidazole rings is 1. The maximum absolute atomic E-state index is 12.1. The van der Waals surface area contributed by atoms with Crippen molar-refractivity contribution < 1.29 is 4.79 Å². The van der Waals surface area contributed by atoms with Gasteiger partial charge in [0.05, 0.1) is 17.4 Å². The number of aryl methyl sites for hydroxylation is 1. The molecule has 1 aliphatic rings. The molecule has 5 heteroatoms. The van der Waals surface area contributed by atoms with Crippen molar-refractivity contribution in [2.24, 2.45) is 11.8 Å². The molecule has 1 amide bonds. The number of fused-ring (bicyclic) bond motifs is 1. The fraction of sp³-hybridized carbons (Fsp3) is 0.579. The monoisotopic (exact) mass is 328 g/mol. The number of amides is 1. The molecule has 5 nitrogen and oxygen atoms in total. The van der Waals surface area contributed by atoms with Crippen LogP contribution in [0.15, 0.2) is 30.6 Å². The topological polar surface area (TPSA) is 59.0 Å². The first-order valence-corrected chi connectivity index (χ1v) is 9.11. The van der Waals surface area contributed by atoms with Crippen LogP contribution in [-0.2, 0) is 11.3 Å². The van der Waals surface area contributed by atoms with E-state index >= 15 is 0 Å². The van der Waals surface area contributed by atoms with Gasteiger partial charge < -0.3 is 15.2 Å². The normalized spacial score (nSPS) is 17.0. The molecule has 2 aromatic rings. The van der Waals surface area contributed by atoms with Crippen molar-refractivity contribution in [1.82, 2.24) is 20.2 Å². The molecule has 1 unspecified atom stereocenters. The van der Waals surface area contributed by atoms with Crippen LogP contribution in [0, 0.1) is 11.8 Å². The second-order valence-electron chi connectivity index (χ2n) is 6.90. The van der Waals surface area contributed by atoms with Crippen molar-refractivity contribution in [2.75, 3.05) is 19.6 Å². The largest absolute Gasteiger partial charge is 0.356 e. The molecule has 2 heterocycles. The van der Waals surface area contributed by atoms with Gasteiger partial charge in [0.1, 0.15) is 0 Å². The van der Waals surface area contributed by atoms with Crippen LogP contribution in [-0.4, -0.2) is 35.1 Å². The summed E-state index contributed by atoms with van der Waals surface area (Å²) in [6.07, 6.45) is 5.85. The van der Waals surface area contributed by atoms with Crippen LogP contribution >= 0.6 is 0 Å². The summed E-state index contributed by atoms with van der Waals surface area (Å²) in [4.78, 5) is 16.5. The molecule has 2 N–H and O–H groups in total. The molecular formula is C19H28N4O. The number of benzene rings is 1. The number of nitrogens with zero attached hydrogens (tertiary/aromatic N) is 2. The van der Waals surface area contributed by atoms with Crippen LogP contribution in [0.2, 0.25) is 0 Å². The smallest absolute Gasteiger partial charge is 0.220 e. The molecule has 1 aromatic carbocycles. The van der Waals surface area contributed by atoms with E-state index in [1.54, 1.807) is 0 Å². The zero-order chi connectivity index (χ0) is 16.8. The van der Waals surface area contributed by atoms with Crippen LogP contribution < -0.4 is 10.6 Å². The lowest BCUT2D eigenvalue weighted by Crippen LogP contribution is -2.33. The van der Waals surface area contributed by atoms with Gasteiger partial charge in [-0.1, -0.05) is 19.1 Å². The third-order valence-corrected chi connectivity index (χ3v) is 5.12. The summed E-state index contributed by atoms with van der Waals surface area (Å²) in [5.41, 5.74) is 2.18. The molecule has 1 atom stereocenters. The number of para-hydroxylation sites is 2. The van der Waals surface area contributed by atoms with Gasteiger partial charge in [0.2, 0.25) is 5.91 Å². The summed E-state index contributed by atoms with van der Waals surface area (Å²) in [6.45, 7) is 6.01. The third-order valence-electron chi connectivity index (χ3n) is 5.12. The summed E-state index contributed by atoms with van der Waals surface area (Å²) in [7, 11) is 0. The second-order valence-corrected chi connectivity index (χ2v) is 6.90. The van der Waals surface area contributed by atoms with Crippen molar-refractivity contribution in [3.8, 4) is 0 Å². The standard InChI is InChI=1S/C19H28N4O/c1-15(16-7-10-20-11-8-16)13-19(24)21-9-4-12-23-14-22-17-5-2-3-6-18(17)23/h2-3,5-6,14-16,20H,4,7-13H2,1H3,(H,21,24). The molecule has 0 radical (unpaired) electrons. The van der Waals surface area contributed by atoms with E-state index in [0.717, 1.165) is 43.6 Å². The zero-order valence-corrected chi connectivity index (χ0v) is 14.5. The maximum Gasteiger partial charge on any atom is 0.220 e. The number of carbonyl (C=O) groups is 1. The van der Waals surface area contributed by atoms with E-state index in [1.165, 1.54) is 12.8 Å². The SMILES string of the molecule is CC(CC(=O)NCCCn1cnc2ccccc21)C1CCNCC1. The van der Waals surface area contributed by atoms with E-state index in [4.69, 9.17) is 0 Å². The number of rotatable bonds is 7. The van der Waals surface area contributed by atoms with Gasteiger partial charge in [-0.3, -0.25) is 4.79 Å². The van der Waals surface area contributed by atoms with Crippen molar-refractivity contribution in [3.63, 3.8) is 0 Å². The molecule has 24 heavy (non-hydrogen) atoms. The summed E-state index contributed by atoms with van der Waals surface area (Å²) in [6, 6.07) is 8.14. The van der Waals surface area contributed by atoms with E-state index in [9.17, 15) is 4.79 Å². The van der Waals surface area contributed by atoms with E-state index in [0.29, 0.717) is 18.3 Å². The Morgan fingerprint density at radius 3 is 3.00 bits per heavy atom. The van der Waals surface area contributed by atoms with Gasteiger partial charge >= 0.3 is 0 Å². The maximum atomic E-state index is 12.1. The van der Waals surface area contributed by atoms with E-state index in [1.807, 2.05) is 24.5 Å². The van der Waals surface area contributed by atoms with Crippen LogP contribution in [0.25, 0.3) is 11.0 Å². The number of hydrogen-bond acceptors (Lipinski definition) is 3. The van der Waals surface area contributed by atoms with Crippen LogP contribution in [0.1, 0.15) is 32.6 Å². The van der Waals surface area contributed by atoms with Crippen LogP contribution in [0.3, 0.4) is 0 Å². The van der Waals surface area contributed by atoms with Gasteiger partial charge in [-0.2, -0.15) is 0 Å². The Morgan fingerprint density at radius 2 is 2.17 bits per heavy atom. The molecule has 0 saturated carbocycles. The summed E-state index contributed by atoms with van der Waals surface area (Å²) < 4.78 is 2.15. The number of piperidine rings is 1. The molecule has 0 spiro atoms. The Kier molecular flexibility index (Phi) is 5.86. The Hall–Kier alpha value is -1.88. The van der Waals surface area contributed by atoms with Gasteiger partial charge in [0.25, 0.3) is 0 Å². The molecular weight excluding hydrogens is 300 g/mol. The quantitative estimate of drug-likeness (QED) is 0.768. The molecule has 0 aliphatic carbocycles. The first-order valence-electron chi connectivity index (χ1n) is 9.11. The predicted molar refractivity (Wildman–Crippen MR) is 96.7 cm³/mol. The first kappa shape index (κ1) is 17.0. The lowest BCUT2D eigenvalue weighted by Gasteiger charge is -2.27. The molecule has 0 bridgehead atoms. The van der Waals surface area contributed by atoms with Gasteiger partial charge in [0.15, 0.2) is 0 Å². The average Bonchev–Trinajstić information content (AvgIpc) is 3.03. The number of aromatic nitrogens is 2. The van der Waals surface area contributed by atoms with Gasteiger partial charge in [-0.25, -0.2) is 4.98 Å². The highest BCUT2D eigenvalue weighted by Crippen LogP contribution is 2.24. The van der Waals surface area contributed by atoms with Gasteiger partial charge in [0, 0.05) is 19.5 Å². The Bertz CT molecular complexity index is 660. The van der Waals surface area contributed by atoms with Crippen molar-refractivity contribution in [2.45, 2.75) is 39.2 Å². The molecule has 130 valence electrons. The number of hydrogen-bond donors (Lipinski definition) is 2. The summed E-state index contributed by atoms with van der Waals surface area (Å²) in [5.74, 6) is 1.36. The van der Waals surface area contributed by atoms with Gasteiger partial charge in [-0.05, 0) is 56.3 Å². The van der Waals surface area contributed by atoms with Crippen LogP contribution in [0.4, 0.5) is 0 Å². The molecule has 3 rings (SSSR count). The lowest BCUT2D eigenvalue weighted by atomic mass is 9.84. The van der Waals surface area contributed by atoms with E-state index in [2.05, 4.69) is 33.2 Å². The summed E-state index contributed by atoms with van der Waals surface area (Å²) >= 11 is 0. The Labute approximate surface area is 143 Å². The highest BCUT2D eigenvalue weighted by Gasteiger charge is 2.21. The van der Waals surface area contributed by atoms with Gasteiger partial charge in [-0.15, -0.1) is 0 Å². The fourth-order valence-corrected chi connectivity index (χ4v) is 3.61. The average molecular weight is 328 g/mol. The van der Waals surface area contributed by atoms with Crippen LogP contribution in [0.5, 0.6) is 0 Å². The Balaban J connectivity index is 1.37. The predicted octanol–water partition coefficient (Wildman–Crippen LogP) is 2.57. The minimum absolute atomic E-state index is 0.191. The Morgan fingerprint density at radius 1 is 1.38 bits per heavy atom. The van der Waals surface area contributed by atoms with Crippen molar-refractivity contribution in [3.05, 3.63) is 30.6 Å². The molecule has 1 fully saturated rings. The van der Waals surface area contributed by atoms with Crippen molar-refractivity contribution in [1.29, 1.82) is 0 Å². The third kappa shape index (κ3) is 4.35. The number of carbonyl (C=O) groups excluding carboxylic acids is 1. The van der Waals surface area contributed by atoms with E-state index in [-0.39, 0.29) is 5.91 Å². The lowest BCUT2D eigenvalue weighted by molar-refractivity contribution is -0.122.